The number of allylic oxidation sites excluding steroid dienone is 1. The predicted molar refractivity (Wildman–Crippen MR) is 88.3 cm³/mol. The van der Waals surface area contributed by atoms with E-state index in [2.05, 4.69) is 5.10 Å². The molecule has 0 radical (unpaired) electrons. The number of hydroxylamine groups is 1. The van der Waals surface area contributed by atoms with Crippen molar-refractivity contribution >= 4 is 10.0 Å². The number of rotatable bonds is 6. The summed E-state index contributed by atoms with van der Waals surface area (Å²) in [7, 11) is -3.64. The van der Waals surface area contributed by atoms with Crippen molar-refractivity contribution in [2.24, 2.45) is 0 Å². The van der Waals surface area contributed by atoms with E-state index in [1.54, 1.807) is 65.7 Å². The van der Waals surface area contributed by atoms with E-state index in [1.807, 2.05) is 5.48 Å². The Morgan fingerprint density at radius 2 is 1.96 bits per heavy atom. The van der Waals surface area contributed by atoms with Crippen LogP contribution in [-0.2, 0) is 16.4 Å². The van der Waals surface area contributed by atoms with Gasteiger partial charge in [-0.3, -0.25) is 10.7 Å². The van der Waals surface area contributed by atoms with E-state index in [0.717, 1.165) is 11.3 Å². The van der Waals surface area contributed by atoms with Crippen LogP contribution in [0.15, 0.2) is 78.4 Å². The van der Waals surface area contributed by atoms with E-state index in [9.17, 15) is 8.42 Å². The lowest BCUT2D eigenvalue weighted by atomic mass is 10.2. The fraction of sp³-hybridized carbons (Fsp3) is 0.0625. The van der Waals surface area contributed by atoms with Crippen molar-refractivity contribution in [3.63, 3.8) is 0 Å². The summed E-state index contributed by atoms with van der Waals surface area (Å²) >= 11 is 0. The molecule has 0 aliphatic rings. The number of nitrogens with zero attached hydrogens (tertiary/aromatic N) is 3. The second-order valence-corrected chi connectivity index (χ2v) is 6.88. The topological polar surface area (TPSA) is 89.2 Å². The Bertz CT molecular complexity index is 926. The molecule has 7 nitrogen and oxygen atoms in total. The molecule has 124 valence electrons. The zero-order chi connectivity index (χ0) is 17.0. The van der Waals surface area contributed by atoms with Gasteiger partial charge in [-0.2, -0.15) is 5.10 Å². The van der Waals surface area contributed by atoms with Gasteiger partial charge in [-0.25, -0.2) is 17.1 Å². The highest BCUT2D eigenvalue weighted by atomic mass is 32.2. The number of aromatic nitrogens is 3. The summed E-state index contributed by atoms with van der Waals surface area (Å²) in [5.74, 6) is 0. The minimum atomic E-state index is -3.64. The first-order valence-electron chi connectivity index (χ1n) is 7.18. The van der Waals surface area contributed by atoms with E-state index in [1.165, 1.54) is 16.4 Å². The maximum absolute atomic E-state index is 12.6. The summed E-state index contributed by atoms with van der Waals surface area (Å²) in [6, 6.07) is 10.0. The Labute approximate surface area is 139 Å². The third kappa shape index (κ3) is 3.24. The highest BCUT2D eigenvalue weighted by molar-refractivity contribution is 7.90. The third-order valence-electron chi connectivity index (χ3n) is 3.46. The van der Waals surface area contributed by atoms with Crippen molar-refractivity contribution in [1.82, 2.24) is 19.2 Å². The summed E-state index contributed by atoms with van der Waals surface area (Å²) in [5, 5.41) is 12.6. The van der Waals surface area contributed by atoms with Crippen LogP contribution in [0.1, 0.15) is 5.56 Å². The highest BCUT2D eigenvalue weighted by Crippen LogP contribution is 2.17. The molecule has 0 atom stereocenters. The minimum absolute atomic E-state index is 0.202. The number of benzene rings is 1. The molecule has 0 spiro atoms. The molecule has 8 heteroatoms. The lowest BCUT2D eigenvalue weighted by molar-refractivity contribution is 0.214. The van der Waals surface area contributed by atoms with Gasteiger partial charge in [0.25, 0.3) is 10.0 Å². The fourth-order valence-electron chi connectivity index (χ4n) is 2.25. The second-order valence-electron chi connectivity index (χ2n) is 5.03. The molecule has 0 fully saturated rings. The van der Waals surface area contributed by atoms with Crippen LogP contribution < -0.4 is 5.48 Å². The van der Waals surface area contributed by atoms with Crippen LogP contribution in [0.5, 0.6) is 0 Å². The van der Waals surface area contributed by atoms with Crippen molar-refractivity contribution in [2.75, 3.05) is 0 Å². The van der Waals surface area contributed by atoms with Crippen LogP contribution >= 0.6 is 0 Å². The van der Waals surface area contributed by atoms with E-state index >= 15 is 0 Å². The summed E-state index contributed by atoms with van der Waals surface area (Å²) in [6.45, 7) is 0. The molecule has 2 N–H and O–H groups in total. The standard InChI is InChI=1S/C16H16N4O3S/c21-18-10-1-3-14-8-12-19(13-14)24(22,23)16-6-4-15(5-7-16)20-11-2-9-17-20/h1-2,4-13,18,21H,3H2/b10-1+. The average Bonchev–Trinajstić information content (AvgIpc) is 3.27. The third-order valence-corrected chi connectivity index (χ3v) is 5.11. The highest BCUT2D eigenvalue weighted by Gasteiger charge is 2.16. The molecule has 24 heavy (non-hydrogen) atoms. The Hall–Kier alpha value is -2.84. The van der Waals surface area contributed by atoms with Gasteiger partial charge in [-0.15, -0.1) is 0 Å². The van der Waals surface area contributed by atoms with E-state index < -0.39 is 10.0 Å². The fourth-order valence-corrected chi connectivity index (χ4v) is 3.47. The zero-order valence-corrected chi connectivity index (χ0v) is 13.5. The SMILES string of the molecule is O=S(=O)(c1ccc(-n2cccn2)cc1)n1ccc(C/C=C/NO)c1. The molecule has 0 aliphatic heterocycles. The van der Waals surface area contributed by atoms with Gasteiger partial charge >= 0.3 is 0 Å². The van der Waals surface area contributed by atoms with Crippen molar-refractivity contribution in [2.45, 2.75) is 11.3 Å². The molecular formula is C16H16N4O3S. The van der Waals surface area contributed by atoms with Gasteiger partial charge < -0.3 is 0 Å². The molecule has 3 aromatic rings. The maximum atomic E-state index is 12.6. The van der Waals surface area contributed by atoms with Crippen LogP contribution in [0.2, 0.25) is 0 Å². The molecule has 0 aliphatic carbocycles. The van der Waals surface area contributed by atoms with Gasteiger partial charge in [0.05, 0.1) is 10.6 Å². The van der Waals surface area contributed by atoms with E-state index in [4.69, 9.17) is 5.21 Å². The first-order chi connectivity index (χ1) is 11.6. The lowest BCUT2D eigenvalue weighted by Gasteiger charge is -2.07. The number of hydrogen-bond acceptors (Lipinski definition) is 5. The van der Waals surface area contributed by atoms with Gasteiger partial charge in [-0.05, 0) is 48.4 Å². The predicted octanol–water partition coefficient (Wildman–Crippen LogP) is 1.95. The molecule has 3 rings (SSSR count). The summed E-state index contributed by atoms with van der Waals surface area (Å²) in [5.41, 5.74) is 3.51. The Morgan fingerprint density at radius 3 is 2.62 bits per heavy atom. The summed E-state index contributed by atoms with van der Waals surface area (Å²) in [4.78, 5) is 0.202. The maximum Gasteiger partial charge on any atom is 0.267 e. The molecule has 0 unspecified atom stereocenters. The molecule has 0 bridgehead atoms. The molecule has 2 aromatic heterocycles. The quantitative estimate of drug-likeness (QED) is 0.667. The van der Waals surface area contributed by atoms with Crippen LogP contribution in [0.3, 0.4) is 0 Å². The molecule has 0 saturated carbocycles. The molecule has 2 heterocycles. The Kier molecular flexibility index (Phi) is 4.50. The minimum Gasteiger partial charge on any atom is -0.292 e. The van der Waals surface area contributed by atoms with Crippen molar-refractivity contribution in [3.8, 4) is 5.69 Å². The van der Waals surface area contributed by atoms with Gasteiger partial charge in [0.15, 0.2) is 0 Å². The zero-order valence-electron chi connectivity index (χ0n) is 12.6. The average molecular weight is 344 g/mol. The number of nitrogens with one attached hydrogen (secondary N) is 1. The monoisotopic (exact) mass is 344 g/mol. The van der Waals surface area contributed by atoms with Gasteiger partial charge in [-0.1, -0.05) is 6.08 Å². The summed E-state index contributed by atoms with van der Waals surface area (Å²) in [6.07, 6.45) is 10.1. The second kappa shape index (κ2) is 6.73. The van der Waals surface area contributed by atoms with Crippen LogP contribution in [-0.4, -0.2) is 27.4 Å². The normalized spacial score (nSPS) is 11.9. The van der Waals surface area contributed by atoms with Gasteiger partial charge in [0, 0.05) is 31.0 Å². The molecule has 0 amide bonds. The Balaban J connectivity index is 1.84. The van der Waals surface area contributed by atoms with E-state index in [-0.39, 0.29) is 4.90 Å². The van der Waals surface area contributed by atoms with Crippen molar-refractivity contribution in [1.29, 1.82) is 0 Å². The van der Waals surface area contributed by atoms with Gasteiger partial charge in [0.1, 0.15) is 0 Å². The molecular weight excluding hydrogens is 328 g/mol. The van der Waals surface area contributed by atoms with Crippen LogP contribution in [0.4, 0.5) is 0 Å². The molecule has 1 aromatic carbocycles. The first kappa shape index (κ1) is 16.0. The van der Waals surface area contributed by atoms with Crippen LogP contribution in [0.25, 0.3) is 5.69 Å². The van der Waals surface area contributed by atoms with E-state index in [0.29, 0.717) is 6.42 Å². The lowest BCUT2D eigenvalue weighted by Crippen LogP contribution is -2.11. The van der Waals surface area contributed by atoms with Crippen molar-refractivity contribution < 1.29 is 13.6 Å². The molecule has 0 saturated heterocycles. The van der Waals surface area contributed by atoms with Crippen molar-refractivity contribution in [3.05, 3.63) is 79.0 Å². The van der Waals surface area contributed by atoms with Gasteiger partial charge in [0.2, 0.25) is 0 Å². The largest absolute Gasteiger partial charge is 0.292 e. The summed E-state index contributed by atoms with van der Waals surface area (Å²) < 4.78 is 28.1. The smallest absolute Gasteiger partial charge is 0.267 e. The number of hydrogen-bond donors (Lipinski definition) is 2. The first-order valence-corrected chi connectivity index (χ1v) is 8.62. The van der Waals surface area contributed by atoms with Crippen LogP contribution in [0, 0.1) is 0 Å². The Morgan fingerprint density at radius 1 is 1.17 bits per heavy atom.